The third kappa shape index (κ3) is 3.71. The molecule has 9 nitrogen and oxygen atoms in total. The summed E-state index contributed by atoms with van der Waals surface area (Å²) in [6, 6.07) is 17.1. The Balaban J connectivity index is 1.43. The summed E-state index contributed by atoms with van der Waals surface area (Å²) in [4.78, 5) is 39.2. The average Bonchev–Trinajstić information content (AvgIpc) is 3.13. The van der Waals surface area contributed by atoms with Crippen LogP contribution in [0.15, 0.2) is 65.6 Å². The van der Waals surface area contributed by atoms with E-state index in [0.29, 0.717) is 48.9 Å². The SMILES string of the molecule is COc1cccc(-c2ncc3c(n2)n(C)c(=O)n3C(=O)N2CCN(c3ccccc3)CC2)c1. The number of piperazine rings is 1. The summed E-state index contributed by atoms with van der Waals surface area (Å²) in [5.74, 6) is 1.14. The number of benzene rings is 2. The zero-order valence-corrected chi connectivity index (χ0v) is 18.5. The minimum Gasteiger partial charge on any atom is -0.497 e. The summed E-state index contributed by atoms with van der Waals surface area (Å²) < 4.78 is 7.83. The van der Waals surface area contributed by atoms with E-state index in [9.17, 15) is 9.59 Å². The van der Waals surface area contributed by atoms with Crippen molar-refractivity contribution in [3.8, 4) is 17.1 Å². The van der Waals surface area contributed by atoms with Gasteiger partial charge in [0.25, 0.3) is 0 Å². The van der Waals surface area contributed by atoms with Gasteiger partial charge in [-0.05, 0) is 24.3 Å². The van der Waals surface area contributed by atoms with E-state index in [1.165, 1.54) is 15.3 Å². The summed E-state index contributed by atoms with van der Waals surface area (Å²) >= 11 is 0. The van der Waals surface area contributed by atoms with Crippen molar-refractivity contribution in [1.29, 1.82) is 0 Å². The van der Waals surface area contributed by atoms with Crippen molar-refractivity contribution < 1.29 is 9.53 Å². The molecular formula is C24H24N6O3. The molecule has 0 aliphatic carbocycles. The molecule has 0 saturated carbocycles. The molecule has 0 N–H and O–H groups in total. The zero-order valence-electron chi connectivity index (χ0n) is 18.5. The molecular weight excluding hydrogens is 420 g/mol. The highest BCUT2D eigenvalue weighted by Gasteiger charge is 2.27. The molecule has 0 atom stereocenters. The zero-order chi connectivity index (χ0) is 22.9. The first kappa shape index (κ1) is 20.7. The van der Waals surface area contributed by atoms with E-state index in [1.54, 1.807) is 19.1 Å². The van der Waals surface area contributed by atoms with Gasteiger partial charge in [-0.15, -0.1) is 0 Å². The Morgan fingerprint density at radius 1 is 1.00 bits per heavy atom. The highest BCUT2D eigenvalue weighted by Crippen LogP contribution is 2.23. The van der Waals surface area contributed by atoms with Crippen LogP contribution in [0.3, 0.4) is 0 Å². The van der Waals surface area contributed by atoms with Crippen LogP contribution < -0.4 is 15.3 Å². The molecule has 168 valence electrons. The van der Waals surface area contributed by atoms with Gasteiger partial charge >= 0.3 is 11.7 Å². The lowest BCUT2D eigenvalue weighted by Crippen LogP contribution is -2.51. The number of carbonyl (C=O) groups excluding carboxylic acids is 1. The molecule has 33 heavy (non-hydrogen) atoms. The number of rotatable bonds is 3. The fraction of sp³-hybridized carbons (Fsp3) is 0.250. The Morgan fingerprint density at radius 2 is 1.76 bits per heavy atom. The molecule has 4 aromatic rings. The second kappa shape index (κ2) is 8.42. The van der Waals surface area contributed by atoms with Gasteiger partial charge in [0.1, 0.15) is 11.3 Å². The fourth-order valence-electron chi connectivity index (χ4n) is 4.14. The van der Waals surface area contributed by atoms with Crippen molar-refractivity contribution in [2.24, 2.45) is 7.05 Å². The molecule has 2 aromatic carbocycles. The normalized spacial score (nSPS) is 14.0. The summed E-state index contributed by atoms with van der Waals surface area (Å²) in [5, 5.41) is 0. The molecule has 1 fully saturated rings. The maximum Gasteiger partial charge on any atom is 0.338 e. The van der Waals surface area contributed by atoms with Gasteiger partial charge in [0.15, 0.2) is 11.5 Å². The minimum absolute atomic E-state index is 0.351. The minimum atomic E-state index is -0.433. The van der Waals surface area contributed by atoms with Crippen LogP contribution in [-0.2, 0) is 7.05 Å². The Labute approximate surface area is 190 Å². The van der Waals surface area contributed by atoms with Gasteiger partial charge in [-0.2, -0.15) is 0 Å². The molecule has 9 heteroatoms. The predicted octanol–water partition coefficient (Wildman–Crippen LogP) is 2.60. The number of carbonyl (C=O) groups is 1. The van der Waals surface area contributed by atoms with Crippen LogP contribution in [0, 0.1) is 0 Å². The van der Waals surface area contributed by atoms with E-state index < -0.39 is 5.69 Å². The largest absolute Gasteiger partial charge is 0.497 e. The Morgan fingerprint density at radius 3 is 2.48 bits per heavy atom. The van der Waals surface area contributed by atoms with E-state index in [4.69, 9.17) is 4.74 Å². The molecule has 3 heterocycles. The summed E-state index contributed by atoms with van der Waals surface area (Å²) in [6.45, 7) is 2.45. The van der Waals surface area contributed by atoms with Crippen LogP contribution in [0.2, 0.25) is 0 Å². The van der Waals surface area contributed by atoms with Gasteiger partial charge in [-0.1, -0.05) is 30.3 Å². The van der Waals surface area contributed by atoms with Crippen LogP contribution in [0.5, 0.6) is 5.75 Å². The topological polar surface area (TPSA) is 85.5 Å². The quantitative estimate of drug-likeness (QED) is 0.483. The van der Waals surface area contributed by atoms with E-state index >= 15 is 0 Å². The molecule has 1 aliphatic heterocycles. The van der Waals surface area contributed by atoms with Crippen LogP contribution in [0.1, 0.15) is 0 Å². The molecule has 0 spiro atoms. The molecule has 1 amide bonds. The first-order valence-electron chi connectivity index (χ1n) is 10.7. The van der Waals surface area contributed by atoms with Crippen molar-refractivity contribution in [3.63, 3.8) is 0 Å². The molecule has 2 aromatic heterocycles. The van der Waals surface area contributed by atoms with E-state index in [-0.39, 0.29) is 6.03 Å². The monoisotopic (exact) mass is 444 g/mol. The average molecular weight is 444 g/mol. The second-order valence-corrected chi connectivity index (χ2v) is 7.90. The van der Waals surface area contributed by atoms with Crippen LogP contribution in [-0.4, -0.2) is 63.3 Å². The number of hydrogen-bond donors (Lipinski definition) is 0. The van der Waals surface area contributed by atoms with Gasteiger partial charge in [0, 0.05) is 44.5 Å². The number of hydrogen-bond acceptors (Lipinski definition) is 6. The molecule has 5 rings (SSSR count). The lowest BCUT2D eigenvalue weighted by Gasteiger charge is -2.35. The van der Waals surface area contributed by atoms with Gasteiger partial charge in [-0.3, -0.25) is 4.57 Å². The Bertz CT molecular complexity index is 1370. The van der Waals surface area contributed by atoms with E-state index in [0.717, 1.165) is 11.3 Å². The molecule has 0 radical (unpaired) electrons. The van der Waals surface area contributed by atoms with Crippen molar-refractivity contribution in [3.05, 3.63) is 71.3 Å². The summed E-state index contributed by atoms with van der Waals surface area (Å²) in [7, 11) is 3.21. The number of imidazole rings is 1. The predicted molar refractivity (Wildman–Crippen MR) is 126 cm³/mol. The fourth-order valence-corrected chi connectivity index (χ4v) is 4.14. The van der Waals surface area contributed by atoms with Crippen molar-refractivity contribution in [1.82, 2.24) is 24.0 Å². The van der Waals surface area contributed by atoms with Gasteiger partial charge in [-0.25, -0.2) is 24.1 Å². The smallest absolute Gasteiger partial charge is 0.338 e. The molecule has 1 aliphatic rings. The first-order valence-corrected chi connectivity index (χ1v) is 10.7. The Hall–Kier alpha value is -4.14. The molecule has 0 unspecified atom stereocenters. The second-order valence-electron chi connectivity index (χ2n) is 7.90. The van der Waals surface area contributed by atoms with Gasteiger partial charge in [0.2, 0.25) is 0 Å². The van der Waals surface area contributed by atoms with Gasteiger partial charge < -0.3 is 14.5 Å². The van der Waals surface area contributed by atoms with Crippen molar-refractivity contribution >= 4 is 22.9 Å². The number of fused-ring (bicyclic) bond motifs is 1. The molecule has 1 saturated heterocycles. The lowest BCUT2D eigenvalue weighted by molar-refractivity contribution is 0.196. The number of ether oxygens (including phenoxy) is 1. The van der Waals surface area contributed by atoms with Crippen LogP contribution >= 0.6 is 0 Å². The Kier molecular flexibility index (Phi) is 5.29. The third-order valence-corrected chi connectivity index (χ3v) is 5.98. The highest BCUT2D eigenvalue weighted by molar-refractivity contribution is 5.88. The van der Waals surface area contributed by atoms with Gasteiger partial charge in [0.05, 0.1) is 13.3 Å². The maximum absolute atomic E-state index is 13.3. The number of aromatic nitrogens is 4. The number of amides is 1. The molecule has 0 bridgehead atoms. The maximum atomic E-state index is 13.3. The number of nitrogens with zero attached hydrogens (tertiary/aromatic N) is 6. The number of methoxy groups -OCH3 is 1. The van der Waals surface area contributed by atoms with Crippen LogP contribution in [0.25, 0.3) is 22.6 Å². The standard InChI is InChI=1S/C24H24N6O3/c1-27-22-20(16-25-21(26-22)17-7-6-10-19(15-17)33-2)30(23(27)31)24(32)29-13-11-28(12-14-29)18-8-4-3-5-9-18/h3-10,15-16H,11-14H2,1-2H3. The summed E-state index contributed by atoms with van der Waals surface area (Å²) in [6.07, 6.45) is 1.54. The van der Waals surface area contributed by atoms with E-state index in [1.807, 2.05) is 42.5 Å². The third-order valence-electron chi connectivity index (χ3n) is 5.98. The lowest BCUT2D eigenvalue weighted by atomic mass is 10.2. The number of anilines is 1. The van der Waals surface area contributed by atoms with E-state index in [2.05, 4.69) is 27.0 Å². The number of para-hydroxylation sites is 1. The van der Waals surface area contributed by atoms with Crippen LogP contribution in [0.4, 0.5) is 10.5 Å². The van der Waals surface area contributed by atoms with Crippen molar-refractivity contribution in [2.45, 2.75) is 0 Å². The highest BCUT2D eigenvalue weighted by atomic mass is 16.5. The van der Waals surface area contributed by atoms with Crippen molar-refractivity contribution in [2.75, 3.05) is 38.2 Å². The number of aryl methyl sites for hydroxylation is 1. The summed E-state index contributed by atoms with van der Waals surface area (Å²) in [5.41, 5.74) is 2.26. The first-order chi connectivity index (χ1) is 16.1.